The summed E-state index contributed by atoms with van der Waals surface area (Å²) in [6, 6.07) is 75.2. The van der Waals surface area contributed by atoms with E-state index in [0.717, 1.165) is 55.3 Å². The van der Waals surface area contributed by atoms with Gasteiger partial charge >= 0.3 is 0 Å². The van der Waals surface area contributed by atoms with Gasteiger partial charge in [0.15, 0.2) is 17.5 Å². The molecule has 0 saturated carbocycles. The van der Waals surface area contributed by atoms with E-state index in [1.54, 1.807) is 11.3 Å². The first-order valence-corrected chi connectivity index (χ1v) is 22.3. The minimum Gasteiger partial charge on any atom is -0.456 e. The average Bonchev–Trinajstić information content (AvgIpc) is 3.94. The van der Waals surface area contributed by atoms with Crippen molar-refractivity contribution in [2.24, 2.45) is 0 Å². The number of nitrogens with zero attached hydrogens (tertiary/aromatic N) is 3. The Morgan fingerprint density at radius 1 is 0.281 bits per heavy atom. The number of aromatic nitrogens is 3. The molecule has 13 rings (SSSR count). The predicted octanol–water partition coefficient (Wildman–Crippen LogP) is 16.4. The predicted molar refractivity (Wildman–Crippen MR) is 268 cm³/mol. The van der Waals surface area contributed by atoms with Crippen LogP contribution >= 0.6 is 11.3 Å². The molecule has 3 heterocycles. The van der Waals surface area contributed by atoms with Crippen LogP contribution in [0, 0.1) is 0 Å². The third-order valence-corrected chi connectivity index (χ3v) is 13.7. The molecule has 0 amide bonds. The van der Waals surface area contributed by atoms with Gasteiger partial charge in [0.05, 0.1) is 0 Å². The van der Waals surface area contributed by atoms with Crippen LogP contribution < -0.4 is 0 Å². The minimum absolute atomic E-state index is 0.627. The standard InChI is InChI=1S/C59H35N3OS/c1-3-12-36(13-4-1)42-17-9-20-45-46-21-10-18-43(48(46)32-31-47(42)45)40-29-33-52-51(34-40)56-44(19-11-22-53(56)63-52)37-24-26-39(27-25-37)58-60-57(38-14-5-2-6-15-38)61-59(62-58)41-28-30-50-49-16-7-8-23-54(49)64-55(50)35-41/h1-35H. The number of hydrogen-bond donors (Lipinski definition) is 0. The summed E-state index contributed by atoms with van der Waals surface area (Å²) in [5.74, 6) is 1.92. The lowest BCUT2D eigenvalue weighted by Crippen LogP contribution is -2.00. The van der Waals surface area contributed by atoms with Crippen molar-refractivity contribution < 1.29 is 4.42 Å². The van der Waals surface area contributed by atoms with Gasteiger partial charge in [-0.15, -0.1) is 11.3 Å². The van der Waals surface area contributed by atoms with Crippen LogP contribution in [0.3, 0.4) is 0 Å². The van der Waals surface area contributed by atoms with Gasteiger partial charge in [-0.3, -0.25) is 0 Å². The number of fused-ring (bicyclic) bond motifs is 9. The lowest BCUT2D eigenvalue weighted by molar-refractivity contribution is 0.669. The van der Waals surface area contributed by atoms with Crippen molar-refractivity contribution >= 4 is 75.0 Å². The van der Waals surface area contributed by atoms with E-state index in [-0.39, 0.29) is 0 Å². The fraction of sp³-hybridized carbons (Fsp3) is 0. The monoisotopic (exact) mass is 833 g/mol. The topological polar surface area (TPSA) is 51.8 Å². The van der Waals surface area contributed by atoms with E-state index >= 15 is 0 Å². The molecule has 298 valence electrons. The van der Waals surface area contributed by atoms with Crippen LogP contribution in [-0.4, -0.2) is 15.0 Å². The number of hydrogen-bond acceptors (Lipinski definition) is 5. The second-order valence-corrected chi connectivity index (χ2v) is 17.4. The quantitative estimate of drug-likeness (QED) is 0.157. The normalized spacial score (nSPS) is 11.8. The van der Waals surface area contributed by atoms with Crippen molar-refractivity contribution in [3.63, 3.8) is 0 Å². The molecule has 10 aromatic carbocycles. The third-order valence-electron chi connectivity index (χ3n) is 12.6. The lowest BCUT2D eigenvalue weighted by atomic mass is 9.91. The van der Waals surface area contributed by atoms with Crippen LogP contribution in [0.5, 0.6) is 0 Å². The van der Waals surface area contributed by atoms with Gasteiger partial charge in [-0.2, -0.15) is 0 Å². The van der Waals surface area contributed by atoms with Crippen molar-refractivity contribution in [2.75, 3.05) is 0 Å². The first-order chi connectivity index (χ1) is 31.7. The summed E-state index contributed by atoms with van der Waals surface area (Å²) in [6.07, 6.45) is 0. The van der Waals surface area contributed by atoms with Gasteiger partial charge in [-0.1, -0.05) is 182 Å². The van der Waals surface area contributed by atoms with Crippen molar-refractivity contribution in [3.8, 4) is 67.5 Å². The Morgan fingerprint density at radius 2 is 0.781 bits per heavy atom. The maximum absolute atomic E-state index is 6.53. The van der Waals surface area contributed by atoms with Crippen LogP contribution in [0.15, 0.2) is 217 Å². The highest BCUT2D eigenvalue weighted by Gasteiger charge is 2.18. The summed E-state index contributed by atoms with van der Waals surface area (Å²) < 4.78 is 9.01. The molecule has 0 atom stereocenters. The van der Waals surface area contributed by atoms with Crippen LogP contribution in [0.4, 0.5) is 0 Å². The Morgan fingerprint density at radius 3 is 1.52 bits per heavy atom. The molecule has 0 aliphatic carbocycles. The Kier molecular flexibility index (Phi) is 8.36. The molecule has 0 unspecified atom stereocenters. The third kappa shape index (κ3) is 6.01. The summed E-state index contributed by atoms with van der Waals surface area (Å²) >= 11 is 1.79. The molecule has 0 fully saturated rings. The Bertz CT molecular complexity index is 3950. The highest BCUT2D eigenvalue weighted by molar-refractivity contribution is 7.25. The Balaban J connectivity index is 0.896. The first-order valence-electron chi connectivity index (χ1n) is 21.5. The zero-order valence-corrected chi connectivity index (χ0v) is 35.2. The second-order valence-electron chi connectivity index (χ2n) is 16.3. The van der Waals surface area contributed by atoms with Gasteiger partial charge in [0.25, 0.3) is 0 Å². The molecule has 64 heavy (non-hydrogen) atoms. The Hall–Kier alpha value is -8.25. The van der Waals surface area contributed by atoms with Crippen molar-refractivity contribution in [1.82, 2.24) is 15.0 Å². The average molecular weight is 834 g/mol. The maximum atomic E-state index is 6.53. The molecule has 0 radical (unpaired) electrons. The van der Waals surface area contributed by atoms with Gasteiger partial charge in [-0.05, 0) is 85.3 Å². The van der Waals surface area contributed by atoms with E-state index in [0.29, 0.717) is 17.5 Å². The van der Waals surface area contributed by atoms with E-state index in [2.05, 4.69) is 182 Å². The summed E-state index contributed by atoms with van der Waals surface area (Å²) in [7, 11) is 0. The van der Waals surface area contributed by atoms with E-state index < -0.39 is 0 Å². The highest BCUT2D eigenvalue weighted by atomic mass is 32.1. The summed E-state index contributed by atoms with van der Waals surface area (Å²) in [6.45, 7) is 0. The molecule has 0 bridgehead atoms. The fourth-order valence-electron chi connectivity index (χ4n) is 9.50. The zero-order valence-electron chi connectivity index (χ0n) is 34.4. The fourth-order valence-corrected chi connectivity index (χ4v) is 10.6. The number of thiophene rings is 1. The number of furan rings is 1. The van der Waals surface area contributed by atoms with E-state index in [1.165, 1.54) is 58.4 Å². The molecule has 13 aromatic rings. The van der Waals surface area contributed by atoms with Gasteiger partial charge in [0, 0.05) is 47.6 Å². The first kappa shape index (κ1) is 36.4. The molecule has 0 aliphatic heterocycles. The largest absolute Gasteiger partial charge is 0.456 e. The molecule has 0 aliphatic rings. The van der Waals surface area contributed by atoms with Gasteiger partial charge in [0.1, 0.15) is 11.2 Å². The maximum Gasteiger partial charge on any atom is 0.164 e. The van der Waals surface area contributed by atoms with Crippen LogP contribution in [0.25, 0.3) is 131 Å². The van der Waals surface area contributed by atoms with E-state index in [1.807, 2.05) is 30.3 Å². The van der Waals surface area contributed by atoms with Crippen molar-refractivity contribution in [3.05, 3.63) is 212 Å². The van der Waals surface area contributed by atoms with Gasteiger partial charge in [-0.25, -0.2) is 15.0 Å². The Labute approximate surface area is 372 Å². The number of benzene rings is 10. The molecule has 4 nitrogen and oxygen atoms in total. The summed E-state index contributed by atoms with van der Waals surface area (Å²) in [5, 5.41) is 9.66. The van der Waals surface area contributed by atoms with Crippen LogP contribution in [0.1, 0.15) is 0 Å². The van der Waals surface area contributed by atoms with Crippen LogP contribution in [-0.2, 0) is 0 Å². The molecular weight excluding hydrogens is 799 g/mol. The summed E-state index contributed by atoms with van der Waals surface area (Å²) in [5.41, 5.74) is 11.5. The minimum atomic E-state index is 0.627. The number of rotatable bonds is 6. The molecule has 0 spiro atoms. The molecule has 3 aromatic heterocycles. The second kappa shape index (κ2) is 14.7. The molecular formula is C59H35N3OS. The molecule has 5 heteroatoms. The highest BCUT2D eigenvalue weighted by Crippen LogP contribution is 2.42. The van der Waals surface area contributed by atoms with E-state index in [4.69, 9.17) is 19.4 Å². The molecule has 0 N–H and O–H groups in total. The van der Waals surface area contributed by atoms with Crippen LogP contribution in [0.2, 0.25) is 0 Å². The van der Waals surface area contributed by atoms with Gasteiger partial charge in [0.2, 0.25) is 0 Å². The van der Waals surface area contributed by atoms with E-state index in [9.17, 15) is 0 Å². The lowest BCUT2D eigenvalue weighted by Gasteiger charge is -2.13. The SMILES string of the molecule is c1ccc(-c2nc(-c3ccc(-c4cccc5oc6ccc(-c7cccc8c7ccc7c(-c9ccccc9)cccc78)cc6c45)cc3)nc(-c3ccc4c(c3)sc3ccccc34)n2)cc1. The smallest absolute Gasteiger partial charge is 0.164 e. The van der Waals surface area contributed by atoms with Crippen molar-refractivity contribution in [2.45, 2.75) is 0 Å². The molecule has 0 saturated heterocycles. The van der Waals surface area contributed by atoms with Crippen molar-refractivity contribution in [1.29, 1.82) is 0 Å². The summed E-state index contributed by atoms with van der Waals surface area (Å²) in [4.78, 5) is 15.2. The van der Waals surface area contributed by atoms with Gasteiger partial charge < -0.3 is 4.42 Å². The zero-order chi connectivity index (χ0) is 42.1.